The molecule has 0 aromatic carbocycles. The average Bonchev–Trinajstić information content (AvgIpc) is 2.64. The Hall–Kier alpha value is -2.04. The summed E-state index contributed by atoms with van der Waals surface area (Å²) in [4.78, 5) is 17.3. The molecular weight excluding hydrogens is 242 g/mol. The fourth-order valence-electron chi connectivity index (χ4n) is 2.60. The molecule has 100 valence electrons. The van der Waals surface area contributed by atoms with Crippen LogP contribution in [-0.2, 0) is 0 Å². The summed E-state index contributed by atoms with van der Waals surface area (Å²) in [5, 5.41) is 8.95. The predicted molar refractivity (Wildman–Crippen MR) is 72.8 cm³/mol. The lowest BCUT2D eigenvalue weighted by Gasteiger charge is -2.22. The number of imidazole rings is 1. The van der Waals surface area contributed by atoms with Crippen LogP contribution >= 0.6 is 0 Å². The zero-order chi connectivity index (χ0) is 13.2. The summed E-state index contributed by atoms with van der Waals surface area (Å²) >= 11 is 0. The van der Waals surface area contributed by atoms with Gasteiger partial charge in [-0.3, -0.25) is 0 Å². The van der Waals surface area contributed by atoms with E-state index in [-0.39, 0.29) is 5.69 Å². The maximum atomic E-state index is 10.9. The van der Waals surface area contributed by atoms with Gasteiger partial charge in [-0.2, -0.15) is 0 Å². The Morgan fingerprint density at radius 3 is 2.53 bits per heavy atom. The number of rotatable bonds is 2. The van der Waals surface area contributed by atoms with Crippen molar-refractivity contribution in [3.63, 3.8) is 0 Å². The molecule has 5 heteroatoms. The summed E-state index contributed by atoms with van der Waals surface area (Å²) in [6.07, 6.45) is 8.59. The minimum absolute atomic E-state index is 0.0908. The van der Waals surface area contributed by atoms with E-state index in [4.69, 9.17) is 5.11 Å². The van der Waals surface area contributed by atoms with Crippen LogP contribution in [0.3, 0.4) is 0 Å². The second-order valence-corrected chi connectivity index (χ2v) is 4.99. The molecule has 0 atom stereocenters. The van der Waals surface area contributed by atoms with E-state index in [2.05, 4.69) is 9.88 Å². The Morgan fingerprint density at radius 2 is 1.84 bits per heavy atom. The molecule has 1 saturated heterocycles. The summed E-state index contributed by atoms with van der Waals surface area (Å²) in [7, 11) is 0. The molecule has 2 aromatic rings. The van der Waals surface area contributed by atoms with E-state index in [1.54, 1.807) is 10.6 Å². The molecule has 0 bridgehead atoms. The number of nitrogens with zero attached hydrogens (tertiary/aromatic N) is 3. The van der Waals surface area contributed by atoms with Gasteiger partial charge in [-0.05, 0) is 25.0 Å². The lowest BCUT2D eigenvalue weighted by atomic mass is 10.2. The van der Waals surface area contributed by atoms with E-state index in [0.717, 1.165) is 18.8 Å². The van der Waals surface area contributed by atoms with E-state index in [9.17, 15) is 4.79 Å². The minimum atomic E-state index is -0.986. The fraction of sp³-hybridized carbons (Fsp3) is 0.429. The van der Waals surface area contributed by atoms with E-state index in [1.165, 1.54) is 25.7 Å². The van der Waals surface area contributed by atoms with Crippen molar-refractivity contribution in [2.75, 3.05) is 18.0 Å². The van der Waals surface area contributed by atoms with Crippen molar-refractivity contribution in [2.45, 2.75) is 25.7 Å². The molecule has 1 fully saturated rings. The molecule has 1 aliphatic heterocycles. The van der Waals surface area contributed by atoms with Crippen molar-refractivity contribution >= 4 is 17.3 Å². The maximum absolute atomic E-state index is 10.9. The summed E-state index contributed by atoms with van der Waals surface area (Å²) in [6.45, 7) is 2.15. The number of carbonyl (C=O) groups is 1. The van der Waals surface area contributed by atoms with Crippen LogP contribution in [0.4, 0.5) is 5.69 Å². The zero-order valence-corrected chi connectivity index (χ0v) is 10.7. The van der Waals surface area contributed by atoms with Gasteiger partial charge < -0.3 is 14.4 Å². The number of hydrogen-bond donors (Lipinski definition) is 1. The molecule has 3 rings (SSSR count). The number of anilines is 1. The van der Waals surface area contributed by atoms with Gasteiger partial charge in [-0.15, -0.1) is 0 Å². The fourth-order valence-corrected chi connectivity index (χ4v) is 2.60. The molecule has 1 aliphatic rings. The number of fused-ring (bicyclic) bond motifs is 1. The number of aromatic nitrogens is 2. The Kier molecular flexibility index (Phi) is 3.11. The number of pyridine rings is 1. The lowest BCUT2D eigenvalue weighted by molar-refractivity contribution is 0.0691. The topological polar surface area (TPSA) is 57.8 Å². The van der Waals surface area contributed by atoms with E-state index in [1.807, 2.05) is 18.3 Å². The first-order chi connectivity index (χ1) is 9.24. The van der Waals surface area contributed by atoms with Gasteiger partial charge in [-0.1, -0.05) is 12.8 Å². The number of carboxylic acids is 1. The molecule has 0 radical (unpaired) electrons. The van der Waals surface area contributed by atoms with Gasteiger partial charge in [0.2, 0.25) is 0 Å². The van der Waals surface area contributed by atoms with Crippen molar-refractivity contribution in [1.82, 2.24) is 9.38 Å². The van der Waals surface area contributed by atoms with Crippen LogP contribution in [0, 0.1) is 0 Å². The first-order valence-electron chi connectivity index (χ1n) is 6.71. The van der Waals surface area contributed by atoms with Crippen LogP contribution < -0.4 is 4.90 Å². The van der Waals surface area contributed by atoms with Crippen LogP contribution in [0.2, 0.25) is 0 Å². The average molecular weight is 259 g/mol. The first kappa shape index (κ1) is 12.0. The second kappa shape index (κ2) is 4.91. The van der Waals surface area contributed by atoms with E-state index < -0.39 is 5.97 Å². The van der Waals surface area contributed by atoms with Crippen LogP contribution in [0.25, 0.3) is 5.65 Å². The summed E-state index contributed by atoms with van der Waals surface area (Å²) in [5.41, 5.74) is 1.91. The number of carboxylic acid groups (broad SMARTS) is 1. The normalized spacial score (nSPS) is 16.5. The molecule has 1 N–H and O–H groups in total. The van der Waals surface area contributed by atoms with Crippen LogP contribution in [-0.4, -0.2) is 33.6 Å². The number of hydrogen-bond acceptors (Lipinski definition) is 3. The Bertz CT molecular complexity index is 598. The Labute approximate surface area is 111 Å². The minimum Gasteiger partial charge on any atom is -0.476 e. The van der Waals surface area contributed by atoms with Crippen molar-refractivity contribution in [3.05, 3.63) is 30.2 Å². The van der Waals surface area contributed by atoms with Crippen molar-refractivity contribution in [3.8, 4) is 0 Å². The highest BCUT2D eigenvalue weighted by molar-refractivity contribution is 5.86. The van der Waals surface area contributed by atoms with Gasteiger partial charge in [0, 0.05) is 25.5 Å². The monoisotopic (exact) mass is 259 g/mol. The van der Waals surface area contributed by atoms with Crippen LogP contribution in [0.15, 0.2) is 24.5 Å². The smallest absolute Gasteiger partial charge is 0.356 e. The van der Waals surface area contributed by atoms with Crippen molar-refractivity contribution < 1.29 is 9.90 Å². The highest BCUT2D eigenvalue weighted by atomic mass is 16.4. The van der Waals surface area contributed by atoms with Gasteiger partial charge >= 0.3 is 5.97 Å². The third-order valence-corrected chi connectivity index (χ3v) is 3.63. The van der Waals surface area contributed by atoms with Gasteiger partial charge in [-0.25, -0.2) is 9.78 Å². The summed E-state index contributed by atoms with van der Waals surface area (Å²) in [6, 6.07) is 3.91. The maximum Gasteiger partial charge on any atom is 0.356 e. The molecule has 0 saturated carbocycles. The highest BCUT2D eigenvalue weighted by Gasteiger charge is 2.12. The van der Waals surface area contributed by atoms with Gasteiger partial charge in [0.25, 0.3) is 0 Å². The molecule has 3 heterocycles. The SMILES string of the molecule is O=C(O)c1cn2cc(N3CCCCCC3)ccc2n1. The molecule has 0 amide bonds. The molecule has 0 unspecified atom stereocenters. The predicted octanol–water partition coefficient (Wildman–Crippen LogP) is 2.41. The molecule has 5 nitrogen and oxygen atoms in total. The standard InChI is InChI=1S/C14H17N3O2/c18-14(19)12-10-17-9-11(5-6-13(17)15-12)16-7-3-1-2-4-8-16/h5-6,9-10H,1-4,7-8H2,(H,18,19). The number of aromatic carboxylic acids is 1. The van der Waals surface area contributed by atoms with Crippen LogP contribution in [0.1, 0.15) is 36.2 Å². The lowest BCUT2D eigenvalue weighted by Crippen LogP contribution is -2.23. The first-order valence-corrected chi connectivity index (χ1v) is 6.71. The molecule has 19 heavy (non-hydrogen) atoms. The van der Waals surface area contributed by atoms with Gasteiger partial charge in [0.05, 0.1) is 5.69 Å². The quantitative estimate of drug-likeness (QED) is 0.899. The summed E-state index contributed by atoms with van der Waals surface area (Å²) < 4.78 is 1.80. The molecule has 0 spiro atoms. The molecule has 0 aliphatic carbocycles. The summed E-state index contributed by atoms with van der Waals surface area (Å²) in [5.74, 6) is -0.986. The van der Waals surface area contributed by atoms with Gasteiger partial charge in [0.15, 0.2) is 5.69 Å². The molecular formula is C14H17N3O2. The van der Waals surface area contributed by atoms with Crippen LogP contribution in [0.5, 0.6) is 0 Å². The Balaban J connectivity index is 1.93. The third kappa shape index (κ3) is 2.41. The molecule has 2 aromatic heterocycles. The van der Waals surface area contributed by atoms with Crippen molar-refractivity contribution in [2.24, 2.45) is 0 Å². The van der Waals surface area contributed by atoms with E-state index >= 15 is 0 Å². The zero-order valence-electron chi connectivity index (χ0n) is 10.7. The third-order valence-electron chi connectivity index (χ3n) is 3.63. The second-order valence-electron chi connectivity index (χ2n) is 4.99. The highest BCUT2D eigenvalue weighted by Crippen LogP contribution is 2.20. The Morgan fingerprint density at radius 1 is 1.11 bits per heavy atom. The van der Waals surface area contributed by atoms with Crippen molar-refractivity contribution in [1.29, 1.82) is 0 Å². The van der Waals surface area contributed by atoms with Gasteiger partial charge in [0.1, 0.15) is 5.65 Å². The largest absolute Gasteiger partial charge is 0.476 e. The van der Waals surface area contributed by atoms with E-state index in [0.29, 0.717) is 5.65 Å².